The monoisotopic (exact) mass is 147 g/mol. The fourth-order valence-electron chi connectivity index (χ4n) is 0.916. The van der Waals surface area contributed by atoms with Crippen molar-refractivity contribution >= 4 is 6.21 Å². The lowest BCUT2D eigenvalue weighted by Gasteiger charge is -2.11. The van der Waals surface area contributed by atoms with Crippen LogP contribution in [-0.2, 0) is 0 Å². The first-order chi connectivity index (χ1) is 4.66. The Labute approximate surface area is 57.4 Å². The summed E-state index contributed by atoms with van der Waals surface area (Å²) in [4.78, 5) is 0. The highest BCUT2D eigenvalue weighted by molar-refractivity contribution is 5.60. The Balaban J connectivity index is 2.68. The number of aliphatic hydroxyl groups excluding tert-OH is 3. The molecule has 0 fully saturated rings. The molecule has 5 nitrogen and oxygen atoms in total. The van der Waals surface area contributed by atoms with E-state index < -0.39 is 24.9 Å². The summed E-state index contributed by atoms with van der Waals surface area (Å²) in [5, 5.41) is 36.9. The second-order valence-corrected chi connectivity index (χ2v) is 2.24. The lowest BCUT2D eigenvalue weighted by Crippen LogP contribution is -2.36. The van der Waals surface area contributed by atoms with Crippen LogP contribution >= 0.6 is 0 Å². The van der Waals surface area contributed by atoms with Crippen molar-refractivity contribution in [2.24, 2.45) is 0 Å². The van der Waals surface area contributed by atoms with Crippen LogP contribution in [0.3, 0.4) is 0 Å². The number of aliphatic hydroxyl groups is 3. The van der Waals surface area contributed by atoms with Gasteiger partial charge in [-0.1, -0.05) is 0 Å². The summed E-state index contributed by atoms with van der Waals surface area (Å²) in [5.74, 6) is 0. The maximum atomic E-state index is 10.6. The minimum Gasteiger partial charge on any atom is -0.624 e. The van der Waals surface area contributed by atoms with Crippen LogP contribution < -0.4 is 0 Å². The van der Waals surface area contributed by atoms with Crippen LogP contribution in [0, 0.1) is 5.21 Å². The van der Waals surface area contributed by atoms with E-state index in [1.165, 1.54) is 0 Å². The van der Waals surface area contributed by atoms with Crippen LogP contribution in [0.2, 0.25) is 0 Å². The standard InChI is InChI=1S/C5H9NO4/c7-2-3-5(9)4(8)1-6(3)10/h1,3-5,7-9H,2H2/t3-,4+,5+/m0/s1. The molecule has 0 saturated carbocycles. The molecule has 3 N–H and O–H groups in total. The topological polar surface area (TPSA) is 86.8 Å². The van der Waals surface area contributed by atoms with E-state index in [0.717, 1.165) is 6.21 Å². The van der Waals surface area contributed by atoms with Gasteiger partial charge in [-0.15, -0.1) is 0 Å². The van der Waals surface area contributed by atoms with Gasteiger partial charge >= 0.3 is 0 Å². The lowest BCUT2D eigenvalue weighted by molar-refractivity contribution is -0.501. The Morgan fingerprint density at radius 1 is 1.50 bits per heavy atom. The molecule has 1 aliphatic heterocycles. The third-order valence-corrected chi connectivity index (χ3v) is 1.56. The van der Waals surface area contributed by atoms with Crippen LogP contribution in [0.1, 0.15) is 0 Å². The fourth-order valence-corrected chi connectivity index (χ4v) is 0.916. The fraction of sp³-hybridized carbons (Fsp3) is 0.800. The van der Waals surface area contributed by atoms with E-state index in [9.17, 15) is 5.21 Å². The SMILES string of the molecule is [O-][N+]1=C[C@@H](O)[C@H](O)[C@@H]1CO. The number of hydrogen-bond acceptors (Lipinski definition) is 4. The first-order valence-corrected chi connectivity index (χ1v) is 2.94. The van der Waals surface area contributed by atoms with Gasteiger partial charge in [-0.2, -0.15) is 0 Å². The normalized spacial score (nSPS) is 39.9. The number of hydroxylamine groups is 1. The molecule has 0 bridgehead atoms. The molecule has 10 heavy (non-hydrogen) atoms. The van der Waals surface area contributed by atoms with Gasteiger partial charge in [-0.25, -0.2) is 4.74 Å². The van der Waals surface area contributed by atoms with Crippen LogP contribution in [0.15, 0.2) is 0 Å². The molecule has 0 saturated heterocycles. The summed E-state index contributed by atoms with van der Waals surface area (Å²) in [7, 11) is 0. The minimum atomic E-state index is -1.16. The van der Waals surface area contributed by atoms with Gasteiger partial charge in [0.15, 0.2) is 18.4 Å². The van der Waals surface area contributed by atoms with Gasteiger partial charge in [0.25, 0.3) is 0 Å². The van der Waals surface area contributed by atoms with Crippen LogP contribution in [0.4, 0.5) is 0 Å². The molecule has 0 aromatic rings. The average Bonchev–Trinajstić information content (AvgIpc) is 2.09. The summed E-state index contributed by atoms with van der Waals surface area (Å²) in [6.07, 6.45) is -1.37. The molecule has 0 amide bonds. The van der Waals surface area contributed by atoms with Crippen molar-refractivity contribution in [3.8, 4) is 0 Å². The number of rotatable bonds is 1. The summed E-state index contributed by atoms with van der Waals surface area (Å²) in [6.45, 7) is -0.446. The van der Waals surface area contributed by atoms with Crippen molar-refractivity contribution < 1.29 is 20.1 Å². The third kappa shape index (κ3) is 0.985. The van der Waals surface area contributed by atoms with Gasteiger partial charge in [0.2, 0.25) is 6.04 Å². The zero-order valence-electron chi connectivity index (χ0n) is 5.21. The molecular weight excluding hydrogens is 138 g/mol. The largest absolute Gasteiger partial charge is 0.624 e. The molecular formula is C5H9NO4. The maximum absolute atomic E-state index is 10.6. The second-order valence-electron chi connectivity index (χ2n) is 2.24. The first kappa shape index (κ1) is 7.46. The molecule has 0 aromatic heterocycles. The Morgan fingerprint density at radius 2 is 2.10 bits per heavy atom. The van der Waals surface area contributed by atoms with Crippen molar-refractivity contribution in [1.29, 1.82) is 0 Å². The molecule has 0 aromatic carbocycles. The summed E-state index contributed by atoms with van der Waals surface area (Å²) < 4.78 is 0.370. The second kappa shape index (κ2) is 2.53. The Morgan fingerprint density at radius 3 is 2.30 bits per heavy atom. The Kier molecular flexibility index (Phi) is 1.89. The van der Waals surface area contributed by atoms with Crippen LogP contribution in [0.25, 0.3) is 0 Å². The Hall–Kier alpha value is -0.650. The van der Waals surface area contributed by atoms with E-state index in [2.05, 4.69) is 0 Å². The van der Waals surface area contributed by atoms with Crippen molar-refractivity contribution in [2.45, 2.75) is 18.2 Å². The average molecular weight is 147 g/mol. The predicted molar refractivity (Wildman–Crippen MR) is 32.6 cm³/mol. The molecule has 1 rings (SSSR count). The van der Waals surface area contributed by atoms with E-state index >= 15 is 0 Å². The minimum absolute atomic E-state index is 0.370. The van der Waals surface area contributed by atoms with Gasteiger partial charge in [0.1, 0.15) is 6.61 Å². The summed E-state index contributed by atoms with van der Waals surface area (Å²) in [6, 6.07) is -0.907. The zero-order chi connectivity index (χ0) is 7.72. The van der Waals surface area contributed by atoms with Gasteiger partial charge in [0.05, 0.1) is 0 Å². The van der Waals surface area contributed by atoms with Crippen molar-refractivity contribution in [1.82, 2.24) is 0 Å². The third-order valence-electron chi connectivity index (χ3n) is 1.56. The highest BCUT2D eigenvalue weighted by Gasteiger charge is 2.38. The molecule has 0 unspecified atom stereocenters. The molecule has 0 aliphatic carbocycles. The van der Waals surface area contributed by atoms with E-state index in [1.54, 1.807) is 0 Å². The van der Waals surface area contributed by atoms with E-state index in [1.807, 2.05) is 0 Å². The number of nitrogens with zero attached hydrogens (tertiary/aromatic N) is 1. The van der Waals surface area contributed by atoms with Gasteiger partial charge < -0.3 is 20.5 Å². The molecule has 0 spiro atoms. The van der Waals surface area contributed by atoms with E-state index in [4.69, 9.17) is 15.3 Å². The molecule has 1 heterocycles. The van der Waals surface area contributed by atoms with Gasteiger partial charge in [-0.3, -0.25) is 0 Å². The predicted octanol–water partition coefficient (Wildman–Crippen LogP) is -2.34. The zero-order valence-corrected chi connectivity index (χ0v) is 5.21. The quantitative estimate of drug-likeness (QED) is 0.286. The molecule has 5 heteroatoms. The van der Waals surface area contributed by atoms with Crippen LogP contribution in [0.5, 0.6) is 0 Å². The van der Waals surface area contributed by atoms with Crippen molar-refractivity contribution in [3.05, 3.63) is 5.21 Å². The smallest absolute Gasteiger partial charge is 0.214 e. The van der Waals surface area contributed by atoms with E-state index in [-0.39, 0.29) is 0 Å². The lowest BCUT2D eigenvalue weighted by atomic mass is 10.1. The van der Waals surface area contributed by atoms with E-state index in [0.29, 0.717) is 4.74 Å². The molecule has 1 aliphatic rings. The van der Waals surface area contributed by atoms with Gasteiger partial charge in [0, 0.05) is 0 Å². The van der Waals surface area contributed by atoms with Crippen molar-refractivity contribution in [3.63, 3.8) is 0 Å². The highest BCUT2D eigenvalue weighted by Crippen LogP contribution is 2.08. The number of hydrogen-bond donors (Lipinski definition) is 3. The first-order valence-electron chi connectivity index (χ1n) is 2.94. The molecule has 58 valence electrons. The molecule has 3 atom stereocenters. The van der Waals surface area contributed by atoms with Crippen molar-refractivity contribution in [2.75, 3.05) is 6.61 Å². The highest BCUT2D eigenvalue weighted by atomic mass is 16.5. The molecule has 0 radical (unpaired) electrons. The Bertz CT molecular complexity index is 158. The summed E-state index contributed by atoms with van der Waals surface area (Å²) in [5.41, 5.74) is 0. The maximum Gasteiger partial charge on any atom is 0.214 e. The summed E-state index contributed by atoms with van der Waals surface area (Å²) >= 11 is 0. The van der Waals surface area contributed by atoms with Crippen LogP contribution in [-0.4, -0.2) is 51.1 Å². The van der Waals surface area contributed by atoms with Gasteiger partial charge in [-0.05, 0) is 0 Å².